The number of nitrogens with zero attached hydrogens (tertiary/aromatic N) is 2. The molecule has 2 aromatic carbocycles. The first-order valence-corrected chi connectivity index (χ1v) is 11.0. The average Bonchev–Trinajstić information content (AvgIpc) is 3.09. The SMILES string of the molecule is COc1ccc(C(=O)[C@@H](C)N(C(=O)c2ccc(Cl)cc2)N2C(=O)[C@H]3CC=CC[C@H]3C2=O)cc1. The van der Waals surface area contributed by atoms with Crippen molar-refractivity contribution >= 4 is 35.1 Å². The first kappa shape index (κ1) is 22.7. The highest BCUT2D eigenvalue weighted by atomic mass is 35.5. The van der Waals surface area contributed by atoms with Crippen molar-refractivity contribution in [1.82, 2.24) is 10.0 Å². The molecule has 1 aliphatic heterocycles. The Morgan fingerprint density at radius 3 is 1.97 bits per heavy atom. The summed E-state index contributed by atoms with van der Waals surface area (Å²) in [4.78, 5) is 53.4. The molecular weight excluding hydrogens is 444 g/mol. The summed E-state index contributed by atoms with van der Waals surface area (Å²) < 4.78 is 5.14. The molecule has 3 atom stereocenters. The van der Waals surface area contributed by atoms with Crippen LogP contribution >= 0.6 is 11.6 Å². The number of halogens is 1. The number of ether oxygens (including phenoxy) is 1. The van der Waals surface area contributed by atoms with Crippen LogP contribution in [0.25, 0.3) is 0 Å². The molecule has 0 saturated carbocycles. The van der Waals surface area contributed by atoms with Crippen LogP contribution in [0.15, 0.2) is 60.7 Å². The molecule has 0 radical (unpaired) electrons. The van der Waals surface area contributed by atoms with Gasteiger partial charge in [-0.25, -0.2) is 5.01 Å². The molecule has 170 valence electrons. The van der Waals surface area contributed by atoms with Gasteiger partial charge < -0.3 is 4.74 Å². The van der Waals surface area contributed by atoms with Crippen LogP contribution < -0.4 is 4.74 Å². The molecule has 2 aliphatic rings. The van der Waals surface area contributed by atoms with Crippen LogP contribution in [0.4, 0.5) is 0 Å². The van der Waals surface area contributed by atoms with E-state index in [-0.39, 0.29) is 5.56 Å². The van der Waals surface area contributed by atoms with Crippen LogP contribution in [0.5, 0.6) is 5.75 Å². The van der Waals surface area contributed by atoms with Crippen molar-refractivity contribution in [3.63, 3.8) is 0 Å². The van der Waals surface area contributed by atoms with E-state index in [0.717, 1.165) is 10.0 Å². The summed E-state index contributed by atoms with van der Waals surface area (Å²) in [6.07, 6.45) is 4.59. The number of imide groups is 1. The molecule has 33 heavy (non-hydrogen) atoms. The Morgan fingerprint density at radius 2 is 1.45 bits per heavy atom. The van der Waals surface area contributed by atoms with Gasteiger partial charge in [0.15, 0.2) is 5.78 Å². The van der Waals surface area contributed by atoms with E-state index >= 15 is 0 Å². The van der Waals surface area contributed by atoms with Gasteiger partial charge in [0.05, 0.1) is 18.9 Å². The van der Waals surface area contributed by atoms with Crippen molar-refractivity contribution in [3.05, 3.63) is 76.8 Å². The number of hydrogen-bond acceptors (Lipinski definition) is 5. The quantitative estimate of drug-likeness (QED) is 0.366. The second kappa shape index (κ2) is 9.19. The molecule has 0 bridgehead atoms. The summed E-state index contributed by atoms with van der Waals surface area (Å²) in [5, 5.41) is 2.32. The first-order chi connectivity index (χ1) is 15.8. The van der Waals surface area contributed by atoms with Gasteiger partial charge >= 0.3 is 0 Å². The van der Waals surface area contributed by atoms with Crippen LogP contribution in [-0.2, 0) is 9.59 Å². The number of ketones is 1. The van der Waals surface area contributed by atoms with Crippen LogP contribution in [0.2, 0.25) is 5.02 Å². The van der Waals surface area contributed by atoms with Gasteiger partial charge in [0.25, 0.3) is 17.7 Å². The Labute approximate surface area is 196 Å². The van der Waals surface area contributed by atoms with Crippen molar-refractivity contribution in [3.8, 4) is 5.75 Å². The summed E-state index contributed by atoms with van der Waals surface area (Å²) in [5.74, 6) is -2.47. The van der Waals surface area contributed by atoms with Crippen molar-refractivity contribution in [2.75, 3.05) is 7.11 Å². The Kier molecular flexibility index (Phi) is 6.33. The molecule has 8 heteroatoms. The van der Waals surface area contributed by atoms with Gasteiger partial charge in [-0.1, -0.05) is 23.8 Å². The van der Waals surface area contributed by atoms with Gasteiger partial charge in [-0.15, -0.1) is 0 Å². The van der Waals surface area contributed by atoms with Gasteiger partial charge in [-0.05, 0) is 68.3 Å². The highest BCUT2D eigenvalue weighted by Gasteiger charge is 2.52. The van der Waals surface area contributed by atoms with Crippen molar-refractivity contribution in [2.24, 2.45) is 11.8 Å². The fourth-order valence-electron chi connectivity index (χ4n) is 4.27. The van der Waals surface area contributed by atoms with E-state index < -0.39 is 41.4 Å². The third-order valence-corrected chi connectivity index (χ3v) is 6.37. The molecule has 0 unspecified atom stereocenters. The maximum absolute atomic E-state index is 13.6. The largest absolute Gasteiger partial charge is 0.497 e. The summed E-state index contributed by atoms with van der Waals surface area (Å²) in [6, 6.07) is 11.4. The van der Waals surface area contributed by atoms with Crippen molar-refractivity contribution in [2.45, 2.75) is 25.8 Å². The van der Waals surface area contributed by atoms with E-state index in [1.165, 1.54) is 26.2 Å². The predicted octanol–water partition coefficient (Wildman–Crippen LogP) is 3.93. The zero-order chi connectivity index (χ0) is 23.7. The fourth-order valence-corrected chi connectivity index (χ4v) is 4.39. The minimum Gasteiger partial charge on any atom is -0.497 e. The zero-order valence-electron chi connectivity index (χ0n) is 18.2. The Morgan fingerprint density at radius 1 is 0.939 bits per heavy atom. The summed E-state index contributed by atoms with van der Waals surface area (Å²) >= 11 is 5.96. The van der Waals surface area contributed by atoms with Crippen LogP contribution in [0.3, 0.4) is 0 Å². The summed E-state index contributed by atoms with van der Waals surface area (Å²) in [6.45, 7) is 1.52. The lowest BCUT2D eigenvalue weighted by atomic mass is 9.85. The molecule has 1 aliphatic carbocycles. The number of benzene rings is 2. The van der Waals surface area contributed by atoms with E-state index in [2.05, 4.69) is 0 Å². The molecule has 0 spiro atoms. The highest BCUT2D eigenvalue weighted by Crippen LogP contribution is 2.37. The number of rotatable bonds is 6. The van der Waals surface area contributed by atoms with Crippen molar-refractivity contribution < 1.29 is 23.9 Å². The molecule has 0 aromatic heterocycles. The van der Waals surface area contributed by atoms with Crippen LogP contribution in [0, 0.1) is 11.8 Å². The van der Waals surface area contributed by atoms with Gasteiger partial charge in [0.1, 0.15) is 11.8 Å². The Bertz CT molecular complexity index is 1100. The number of amides is 3. The maximum Gasteiger partial charge on any atom is 0.273 e. The molecule has 7 nitrogen and oxygen atoms in total. The minimum atomic E-state index is -1.11. The van der Waals surface area contributed by atoms with Gasteiger partial charge in [-0.2, -0.15) is 5.01 Å². The fraction of sp³-hybridized carbons (Fsp3) is 0.280. The molecule has 1 fully saturated rings. The standard InChI is InChI=1S/C25H23ClN2O5/c1-15(22(29)16-9-13-19(33-2)14-10-16)27(23(30)17-7-11-18(26)12-8-17)28-24(31)20-5-3-4-6-21(20)25(28)32/h3-4,7-15,20-21H,5-6H2,1-2H3/t15-,20-,21+/m1/s1. The van der Waals surface area contributed by atoms with Gasteiger partial charge in [-0.3, -0.25) is 19.2 Å². The third-order valence-electron chi connectivity index (χ3n) is 6.12. The lowest BCUT2D eigenvalue weighted by molar-refractivity contribution is -0.156. The monoisotopic (exact) mass is 466 g/mol. The number of carbonyl (C=O) groups is 4. The second-order valence-electron chi connectivity index (χ2n) is 8.07. The van der Waals surface area contributed by atoms with E-state index in [0.29, 0.717) is 29.2 Å². The second-order valence-corrected chi connectivity index (χ2v) is 8.51. The van der Waals surface area contributed by atoms with Gasteiger partial charge in [0.2, 0.25) is 0 Å². The average molecular weight is 467 g/mol. The molecule has 1 heterocycles. The maximum atomic E-state index is 13.6. The molecule has 0 N–H and O–H groups in total. The number of hydrogen-bond donors (Lipinski definition) is 0. The minimum absolute atomic E-state index is 0.211. The molecule has 2 aromatic rings. The Balaban J connectivity index is 1.73. The molecule has 4 rings (SSSR count). The topological polar surface area (TPSA) is 84.0 Å². The normalized spacial score (nSPS) is 20.4. The number of fused-ring (bicyclic) bond motifs is 1. The van der Waals surface area contributed by atoms with Crippen LogP contribution in [0.1, 0.15) is 40.5 Å². The summed E-state index contributed by atoms with van der Waals surface area (Å²) in [5.41, 5.74) is 0.540. The number of Topliss-reactive ketones (excluding diaryl/α,β-unsaturated/α-hetero) is 1. The van der Waals surface area contributed by atoms with E-state index in [9.17, 15) is 19.2 Å². The smallest absolute Gasteiger partial charge is 0.273 e. The lowest BCUT2D eigenvalue weighted by Gasteiger charge is -2.34. The predicted molar refractivity (Wildman–Crippen MR) is 122 cm³/mol. The first-order valence-electron chi connectivity index (χ1n) is 10.6. The molecule has 3 amide bonds. The molecule has 1 saturated heterocycles. The van der Waals surface area contributed by atoms with Crippen molar-refractivity contribution in [1.29, 1.82) is 0 Å². The number of carbonyl (C=O) groups excluding carboxylic acids is 4. The van der Waals surface area contributed by atoms with Gasteiger partial charge in [0, 0.05) is 16.1 Å². The number of allylic oxidation sites excluding steroid dienone is 2. The third kappa shape index (κ3) is 4.16. The van der Waals surface area contributed by atoms with E-state index in [4.69, 9.17) is 16.3 Å². The van der Waals surface area contributed by atoms with E-state index in [1.807, 2.05) is 12.2 Å². The molecular formula is C25H23ClN2O5. The summed E-state index contributed by atoms with van der Waals surface area (Å²) in [7, 11) is 1.52. The number of hydrazine groups is 1. The van der Waals surface area contributed by atoms with Crippen LogP contribution in [-0.4, -0.2) is 46.7 Å². The highest BCUT2D eigenvalue weighted by molar-refractivity contribution is 6.30. The number of methoxy groups -OCH3 is 1. The Hall–Kier alpha value is -3.45. The van der Waals surface area contributed by atoms with E-state index in [1.54, 1.807) is 36.4 Å². The zero-order valence-corrected chi connectivity index (χ0v) is 19.0. The lowest BCUT2D eigenvalue weighted by Crippen LogP contribution is -2.56.